The van der Waals surface area contributed by atoms with Crippen molar-refractivity contribution in [1.29, 1.82) is 0 Å². The number of hydrogen-bond acceptors (Lipinski definition) is 2. The van der Waals surface area contributed by atoms with Crippen LogP contribution < -0.4 is 0 Å². The number of amides is 1. The summed E-state index contributed by atoms with van der Waals surface area (Å²) in [5, 5.41) is 0. The van der Waals surface area contributed by atoms with Crippen LogP contribution in [0.5, 0.6) is 0 Å². The molecule has 30 heavy (non-hydrogen) atoms. The highest BCUT2D eigenvalue weighted by atomic mass is 19.4. The Hall–Kier alpha value is -1.20. The van der Waals surface area contributed by atoms with Crippen LogP contribution in [-0.2, 0) is 9.53 Å². The van der Waals surface area contributed by atoms with Crippen LogP contribution in [0, 0.1) is 0 Å². The summed E-state index contributed by atoms with van der Waals surface area (Å²) < 4.78 is 128. The van der Waals surface area contributed by atoms with Crippen molar-refractivity contribution in [2.75, 3.05) is 0 Å². The second-order valence-corrected chi connectivity index (χ2v) is 8.23. The Labute approximate surface area is 166 Å². The van der Waals surface area contributed by atoms with E-state index < -0.39 is 47.7 Å². The van der Waals surface area contributed by atoms with Crippen LogP contribution in [-0.4, -0.2) is 52.6 Å². The number of halogens is 9. The number of rotatable bonds is 4. The molecular formula is C18H22F9NO2. The maximum atomic E-state index is 14.8. The first-order chi connectivity index (χ1) is 13.7. The first-order valence-electron chi connectivity index (χ1n) is 9.94. The summed E-state index contributed by atoms with van der Waals surface area (Å²) in [4.78, 5) is 13.3. The molecule has 0 radical (unpaired) electrons. The normalized spacial score (nSPS) is 32.2. The van der Waals surface area contributed by atoms with Gasteiger partial charge in [0.2, 0.25) is 0 Å². The summed E-state index contributed by atoms with van der Waals surface area (Å²) in [5.74, 6) is -27.9. The van der Waals surface area contributed by atoms with Gasteiger partial charge in [0.25, 0.3) is 5.91 Å². The van der Waals surface area contributed by atoms with Crippen molar-refractivity contribution in [3.63, 3.8) is 0 Å². The highest BCUT2D eigenvalue weighted by Gasteiger charge is 2.96. The molecule has 0 N–H and O–H groups in total. The van der Waals surface area contributed by atoms with Gasteiger partial charge in [0.05, 0.1) is 0 Å². The van der Waals surface area contributed by atoms with Crippen molar-refractivity contribution >= 4 is 5.91 Å². The standard InChI is InChI=1S/C18H22F9NO2/c19-14(20,17(25)15(21,22)16(23,24)18(26,27)30-17)13(29)28(11-7-3-1-4-8-11)12-9-5-2-6-10-12/h11-12H,1-10H2. The first-order valence-corrected chi connectivity index (χ1v) is 9.94. The van der Waals surface area contributed by atoms with Crippen LogP contribution in [0.3, 0.4) is 0 Å². The van der Waals surface area contributed by atoms with Gasteiger partial charge in [-0.05, 0) is 25.7 Å². The van der Waals surface area contributed by atoms with E-state index in [1.807, 2.05) is 0 Å². The molecule has 2 saturated carbocycles. The lowest BCUT2D eigenvalue weighted by atomic mass is 9.87. The second-order valence-electron chi connectivity index (χ2n) is 8.23. The molecule has 12 heteroatoms. The Morgan fingerprint density at radius 3 is 1.47 bits per heavy atom. The molecule has 1 saturated heterocycles. The maximum absolute atomic E-state index is 14.8. The summed E-state index contributed by atoms with van der Waals surface area (Å²) in [5.41, 5.74) is 0. The third kappa shape index (κ3) is 3.19. The van der Waals surface area contributed by atoms with Crippen LogP contribution >= 0.6 is 0 Å². The summed E-state index contributed by atoms with van der Waals surface area (Å²) in [6.45, 7) is 0. The van der Waals surface area contributed by atoms with Crippen molar-refractivity contribution in [3.05, 3.63) is 0 Å². The third-order valence-electron chi connectivity index (χ3n) is 6.28. The van der Waals surface area contributed by atoms with Gasteiger partial charge in [-0.1, -0.05) is 38.5 Å². The van der Waals surface area contributed by atoms with Gasteiger partial charge in [-0.15, -0.1) is 0 Å². The molecule has 0 aromatic rings. The highest BCUT2D eigenvalue weighted by Crippen LogP contribution is 2.64. The van der Waals surface area contributed by atoms with Crippen LogP contribution in [0.4, 0.5) is 39.5 Å². The first kappa shape index (κ1) is 23.5. The Kier molecular flexibility index (Phi) is 5.82. The number of alkyl halides is 9. The van der Waals surface area contributed by atoms with Crippen LogP contribution in [0.25, 0.3) is 0 Å². The zero-order valence-corrected chi connectivity index (χ0v) is 15.9. The molecule has 3 aliphatic rings. The van der Waals surface area contributed by atoms with E-state index in [1.54, 1.807) is 0 Å². The zero-order valence-electron chi connectivity index (χ0n) is 15.9. The van der Waals surface area contributed by atoms with Crippen LogP contribution in [0.2, 0.25) is 0 Å². The smallest absolute Gasteiger partial charge is 0.331 e. The molecule has 3 rings (SSSR count). The molecule has 0 bridgehead atoms. The third-order valence-corrected chi connectivity index (χ3v) is 6.28. The lowest BCUT2D eigenvalue weighted by Gasteiger charge is -2.44. The molecule has 1 amide bonds. The topological polar surface area (TPSA) is 29.5 Å². The molecule has 0 aromatic heterocycles. The van der Waals surface area contributed by atoms with E-state index in [-0.39, 0.29) is 25.7 Å². The number of carbonyl (C=O) groups excluding carboxylic acids is 1. The van der Waals surface area contributed by atoms with Gasteiger partial charge in [0.15, 0.2) is 0 Å². The molecule has 2 aliphatic carbocycles. The summed E-state index contributed by atoms with van der Waals surface area (Å²) >= 11 is 0. The predicted molar refractivity (Wildman–Crippen MR) is 85.3 cm³/mol. The average molecular weight is 455 g/mol. The van der Waals surface area contributed by atoms with E-state index >= 15 is 0 Å². The van der Waals surface area contributed by atoms with Gasteiger partial charge in [-0.3, -0.25) is 9.53 Å². The van der Waals surface area contributed by atoms with Gasteiger partial charge in [0.1, 0.15) is 0 Å². The van der Waals surface area contributed by atoms with E-state index in [9.17, 15) is 44.3 Å². The SMILES string of the molecule is O=C(N(C1CCCCC1)C1CCCCC1)C(F)(F)C1(F)OC(F)(F)C(F)(F)C1(F)F. The lowest BCUT2D eigenvalue weighted by molar-refractivity contribution is -0.368. The Bertz CT molecular complexity index is 642. The minimum atomic E-state index is -6.65. The average Bonchev–Trinajstić information content (AvgIpc) is 2.78. The monoisotopic (exact) mass is 455 g/mol. The van der Waals surface area contributed by atoms with E-state index in [2.05, 4.69) is 4.74 Å². The zero-order chi connectivity index (χ0) is 22.6. The number of hydrogen-bond donors (Lipinski definition) is 0. The van der Waals surface area contributed by atoms with Crippen molar-refractivity contribution < 1.29 is 49.0 Å². The minimum Gasteiger partial charge on any atom is -0.331 e. The van der Waals surface area contributed by atoms with Crippen molar-refractivity contribution in [1.82, 2.24) is 4.90 Å². The summed E-state index contributed by atoms with van der Waals surface area (Å²) in [6.07, 6.45) is -1.64. The van der Waals surface area contributed by atoms with E-state index in [4.69, 9.17) is 0 Å². The van der Waals surface area contributed by atoms with E-state index in [0.29, 0.717) is 30.6 Å². The fourth-order valence-corrected chi connectivity index (χ4v) is 4.60. The van der Waals surface area contributed by atoms with E-state index in [1.165, 1.54) is 0 Å². The maximum Gasteiger partial charge on any atom is 0.428 e. The molecule has 1 heterocycles. The van der Waals surface area contributed by atoms with Gasteiger partial charge in [-0.2, -0.15) is 39.5 Å². The second kappa shape index (κ2) is 7.44. The van der Waals surface area contributed by atoms with E-state index in [0.717, 1.165) is 12.8 Å². The summed E-state index contributed by atoms with van der Waals surface area (Å²) in [7, 11) is 0. The molecular weight excluding hydrogens is 433 g/mol. The molecule has 174 valence electrons. The Morgan fingerprint density at radius 1 is 0.733 bits per heavy atom. The lowest BCUT2D eigenvalue weighted by Crippen LogP contribution is -2.67. The summed E-state index contributed by atoms with van der Waals surface area (Å²) in [6, 6.07) is -1.69. The Balaban J connectivity index is 2.00. The van der Waals surface area contributed by atoms with Gasteiger partial charge >= 0.3 is 29.7 Å². The molecule has 3 fully saturated rings. The Morgan fingerprint density at radius 2 is 1.13 bits per heavy atom. The molecule has 0 aromatic carbocycles. The predicted octanol–water partition coefficient (Wildman–Crippen LogP) is 5.68. The number of nitrogens with zero attached hydrogens (tertiary/aromatic N) is 1. The van der Waals surface area contributed by atoms with Gasteiger partial charge in [0, 0.05) is 12.1 Å². The van der Waals surface area contributed by atoms with Crippen LogP contribution in [0.1, 0.15) is 64.2 Å². The highest BCUT2D eigenvalue weighted by molar-refractivity contribution is 5.86. The fraction of sp³-hybridized carbons (Fsp3) is 0.944. The molecule has 3 nitrogen and oxygen atoms in total. The molecule has 0 spiro atoms. The van der Waals surface area contributed by atoms with Crippen molar-refractivity contribution in [2.24, 2.45) is 0 Å². The quantitative estimate of drug-likeness (QED) is 0.511. The van der Waals surface area contributed by atoms with Crippen molar-refractivity contribution in [2.45, 2.75) is 106 Å². The number of carbonyl (C=O) groups is 1. The molecule has 1 aliphatic heterocycles. The van der Waals surface area contributed by atoms with Crippen LogP contribution in [0.15, 0.2) is 0 Å². The fourth-order valence-electron chi connectivity index (χ4n) is 4.60. The molecule has 1 unspecified atom stereocenters. The van der Waals surface area contributed by atoms with Gasteiger partial charge in [-0.25, -0.2) is 0 Å². The van der Waals surface area contributed by atoms with Gasteiger partial charge < -0.3 is 4.90 Å². The number of ether oxygens (including phenoxy) is 1. The van der Waals surface area contributed by atoms with Crippen molar-refractivity contribution in [3.8, 4) is 0 Å². The largest absolute Gasteiger partial charge is 0.428 e. The molecule has 1 atom stereocenters. The minimum absolute atomic E-state index is 0.237.